The molecule has 0 amide bonds. The Balaban J connectivity index is 1.60. The Morgan fingerprint density at radius 2 is 1.91 bits per heavy atom. The van der Waals surface area contributed by atoms with Gasteiger partial charge in [-0.3, -0.25) is 0 Å². The molecule has 1 N–H and O–H groups in total. The molecule has 0 spiro atoms. The van der Waals surface area contributed by atoms with Crippen molar-refractivity contribution in [2.45, 2.75) is 18.6 Å². The summed E-state index contributed by atoms with van der Waals surface area (Å²) in [5.41, 5.74) is 0.676. The first-order chi connectivity index (χ1) is 11.2. The molecule has 4 nitrogen and oxygen atoms in total. The van der Waals surface area contributed by atoms with Crippen LogP contribution < -0.4 is 9.47 Å². The van der Waals surface area contributed by atoms with Crippen LogP contribution in [0.25, 0.3) is 0 Å². The van der Waals surface area contributed by atoms with Gasteiger partial charge in [-0.2, -0.15) is 0 Å². The van der Waals surface area contributed by atoms with E-state index in [4.69, 9.17) is 14.2 Å². The summed E-state index contributed by atoms with van der Waals surface area (Å²) in [7, 11) is 0. The van der Waals surface area contributed by atoms with Crippen LogP contribution in [0.5, 0.6) is 11.5 Å². The monoisotopic (exact) mass is 312 g/mol. The van der Waals surface area contributed by atoms with Crippen molar-refractivity contribution >= 4 is 0 Å². The van der Waals surface area contributed by atoms with Gasteiger partial charge in [0.25, 0.3) is 0 Å². The summed E-state index contributed by atoms with van der Waals surface area (Å²) in [6.45, 7) is 4.92. The SMILES string of the molecule is C=CC(O)(CCOCc1ccccc1)c1ccc2c(c1)OCO2. The highest BCUT2D eigenvalue weighted by Gasteiger charge is 2.27. The standard InChI is InChI=1S/C19H20O4/c1-2-19(20,10-11-21-13-15-6-4-3-5-7-15)16-8-9-17-18(12-16)23-14-22-17/h2-9,12,20H,1,10-11,13-14H2. The first-order valence-electron chi connectivity index (χ1n) is 7.59. The summed E-state index contributed by atoms with van der Waals surface area (Å²) in [5, 5.41) is 10.8. The van der Waals surface area contributed by atoms with Crippen LogP contribution in [0, 0.1) is 0 Å². The normalized spacial score (nSPS) is 15.2. The van der Waals surface area contributed by atoms with Gasteiger partial charge in [-0.05, 0) is 23.3 Å². The van der Waals surface area contributed by atoms with Gasteiger partial charge >= 0.3 is 0 Å². The van der Waals surface area contributed by atoms with Crippen molar-refractivity contribution < 1.29 is 19.3 Å². The highest BCUT2D eigenvalue weighted by Crippen LogP contribution is 2.37. The van der Waals surface area contributed by atoms with E-state index in [9.17, 15) is 5.11 Å². The van der Waals surface area contributed by atoms with Gasteiger partial charge in [0.05, 0.1) is 13.2 Å². The van der Waals surface area contributed by atoms with Crippen molar-refractivity contribution in [3.05, 3.63) is 72.3 Å². The average molecular weight is 312 g/mol. The zero-order valence-corrected chi connectivity index (χ0v) is 12.9. The molecule has 1 aliphatic heterocycles. The van der Waals surface area contributed by atoms with Gasteiger partial charge in [0.1, 0.15) is 5.60 Å². The smallest absolute Gasteiger partial charge is 0.231 e. The Labute approximate surface area is 135 Å². The fraction of sp³-hybridized carbons (Fsp3) is 0.263. The van der Waals surface area contributed by atoms with Crippen molar-refractivity contribution in [2.75, 3.05) is 13.4 Å². The van der Waals surface area contributed by atoms with Gasteiger partial charge in [0, 0.05) is 6.42 Å². The number of rotatable bonds is 7. The summed E-state index contributed by atoms with van der Waals surface area (Å²) in [4.78, 5) is 0. The molecular formula is C19H20O4. The molecule has 1 heterocycles. The molecule has 0 bridgehead atoms. The van der Waals surface area contributed by atoms with Crippen LogP contribution in [0.2, 0.25) is 0 Å². The predicted octanol–water partition coefficient (Wildman–Crippen LogP) is 3.40. The molecule has 0 saturated heterocycles. The lowest BCUT2D eigenvalue weighted by molar-refractivity contribution is 0.0284. The Kier molecular flexibility index (Phi) is 4.65. The molecule has 1 aliphatic rings. The van der Waals surface area contributed by atoms with Gasteiger partial charge in [-0.1, -0.05) is 49.1 Å². The molecule has 0 aromatic heterocycles. The second-order valence-corrected chi connectivity index (χ2v) is 5.48. The number of hydrogen-bond acceptors (Lipinski definition) is 4. The van der Waals surface area contributed by atoms with Crippen molar-refractivity contribution in [3.8, 4) is 11.5 Å². The maximum atomic E-state index is 10.8. The molecule has 3 rings (SSSR count). The van der Waals surface area contributed by atoms with E-state index in [1.165, 1.54) is 6.08 Å². The van der Waals surface area contributed by atoms with E-state index in [-0.39, 0.29) is 6.79 Å². The lowest BCUT2D eigenvalue weighted by Gasteiger charge is -2.25. The van der Waals surface area contributed by atoms with Crippen LogP contribution in [-0.2, 0) is 16.9 Å². The summed E-state index contributed by atoms with van der Waals surface area (Å²) < 4.78 is 16.3. The molecule has 120 valence electrons. The van der Waals surface area contributed by atoms with Crippen molar-refractivity contribution in [3.63, 3.8) is 0 Å². The minimum absolute atomic E-state index is 0.214. The summed E-state index contributed by atoms with van der Waals surface area (Å²) in [6.07, 6.45) is 1.96. The molecule has 0 radical (unpaired) electrons. The second kappa shape index (κ2) is 6.86. The molecule has 23 heavy (non-hydrogen) atoms. The number of ether oxygens (including phenoxy) is 3. The minimum atomic E-state index is -1.16. The molecule has 1 unspecified atom stereocenters. The lowest BCUT2D eigenvalue weighted by atomic mass is 9.90. The van der Waals surface area contributed by atoms with Gasteiger partial charge in [-0.15, -0.1) is 0 Å². The Hall–Kier alpha value is -2.30. The highest BCUT2D eigenvalue weighted by molar-refractivity contribution is 5.46. The zero-order valence-electron chi connectivity index (χ0n) is 12.9. The molecule has 0 saturated carbocycles. The summed E-state index contributed by atoms with van der Waals surface area (Å²) in [6, 6.07) is 15.4. The van der Waals surface area contributed by atoms with Crippen LogP contribution in [0.4, 0.5) is 0 Å². The Bertz CT molecular complexity index is 668. The molecule has 2 aromatic carbocycles. The van der Waals surface area contributed by atoms with E-state index in [0.717, 1.165) is 11.1 Å². The fourth-order valence-electron chi connectivity index (χ4n) is 2.52. The first kappa shape index (κ1) is 15.6. The van der Waals surface area contributed by atoms with E-state index in [1.807, 2.05) is 36.4 Å². The highest BCUT2D eigenvalue weighted by atomic mass is 16.7. The van der Waals surface area contributed by atoms with E-state index < -0.39 is 5.60 Å². The number of benzene rings is 2. The van der Waals surface area contributed by atoms with Crippen molar-refractivity contribution in [1.29, 1.82) is 0 Å². The van der Waals surface area contributed by atoms with Crippen LogP contribution in [0.1, 0.15) is 17.5 Å². The van der Waals surface area contributed by atoms with Crippen LogP contribution in [-0.4, -0.2) is 18.5 Å². The van der Waals surface area contributed by atoms with E-state index in [2.05, 4.69) is 6.58 Å². The third kappa shape index (κ3) is 3.55. The van der Waals surface area contributed by atoms with Crippen molar-refractivity contribution in [1.82, 2.24) is 0 Å². The molecule has 0 fully saturated rings. The fourth-order valence-corrected chi connectivity index (χ4v) is 2.52. The Morgan fingerprint density at radius 3 is 2.70 bits per heavy atom. The average Bonchev–Trinajstić information content (AvgIpc) is 3.07. The minimum Gasteiger partial charge on any atom is -0.454 e. The quantitative estimate of drug-likeness (QED) is 0.629. The zero-order chi connectivity index (χ0) is 16.1. The maximum absolute atomic E-state index is 10.8. The van der Waals surface area contributed by atoms with E-state index >= 15 is 0 Å². The first-order valence-corrected chi connectivity index (χ1v) is 7.59. The Morgan fingerprint density at radius 1 is 1.13 bits per heavy atom. The summed E-state index contributed by atoms with van der Waals surface area (Å²) >= 11 is 0. The molecule has 1 atom stereocenters. The third-order valence-corrected chi connectivity index (χ3v) is 3.95. The predicted molar refractivity (Wildman–Crippen MR) is 87.4 cm³/mol. The van der Waals surface area contributed by atoms with Crippen LogP contribution in [0.15, 0.2) is 61.2 Å². The lowest BCUT2D eigenvalue weighted by Crippen LogP contribution is -2.24. The van der Waals surface area contributed by atoms with Gasteiger partial charge in [0.15, 0.2) is 11.5 Å². The number of fused-ring (bicyclic) bond motifs is 1. The van der Waals surface area contributed by atoms with E-state index in [0.29, 0.717) is 31.1 Å². The van der Waals surface area contributed by atoms with Crippen LogP contribution >= 0.6 is 0 Å². The maximum Gasteiger partial charge on any atom is 0.231 e. The number of aliphatic hydroxyl groups is 1. The third-order valence-electron chi connectivity index (χ3n) is 3.95. The molecular weight excluding hydrogens is 292 g/mol. The number of hydrogen-bond donors (Lipinski definition) is 1. The second-order valence-electron chi connectivity index (χ2n) is 5.48. The van der Waals surface area contributed by atoms with Gasteiger partial charge in [-0.25, -0.2) is 0 Å². The molecule has 0 aliphatic carbocycles. The van der Waals surface area contributed by atoms with Gasteiger partial charge < -0.3 is 19.3 Å². The molecule has 4 heteroatoms. The topological polar surface area (TPSA) is 47.9 Å². The van der Waals surface area contributed by atoms with E-state index in [1.54, 1.807) is 12.1 Å². The summed E-state index contributed by atoms with van der Waals surface area (Å²) in [5.74, 6) is 1.34. The largest absolute Gasteiger partial charge is 0.454 e. The molecule has 2 aromatic rings. The van der Waals surface area contributed by atoms with Gasteiger partial charge in [0.2, 0.25) is 6.79 Å². The van der Waals surface area contributed by atoms with Crippen molar-refractivity contribution in [2.24, 2.45) is 0 Å². The van der Waals surface area contributed by atoms with Crippen LogP contribution in [0.3, 0.4) is 0 Å².